The highest BCUT2D eigenvalue weighted by Crippen LogP contribution is 2.20. The molecule has 3 heterocycles. The summed E-state index contributed by atoms with van der Waals surface area (Å²) in [6, 6.07) is 9.63. The van der Waals surface area contributed by atoms with E-state index in [1.807, 2.05) is 18.2 Å². The Kier molecular flexibility index (Phi) is 7.30. The number of likely N-dealkylation sites (tertiary alicyclic amines) is 1. The first-order valence-electron chi connectivity index (χ1n) is 11.3. The summed E-state index contributed by atoms with van der Waals surface area (Å²) >= 11 is 0. The first kappa shape index (κ1) is 23.0. The van der Waals surface area contributed by atoms with Gasteiger partial charge in [-0.3, -0.25) is 9.69 Å². The van der Waals surface area contributed by atoms with Gasteiger partial charge in [-0.05, 0) is 43.1 Å². The number of carbonyl (C=O) groups excluding carboxylic acids is 1. The lowest BCUT2D eigenvalue weighted by Gasteiger charge is -2.27. The average molecular weight is 461 g/mol. The summed E-state index contributed by atoms with van der Waals surface area (Å²) in [5.41, 5.74) is 2.63. The number of hydrogen-bond donors (Lipinski definition) is 1. The van der Waals surface area contributed by atoms with Crippen molar-refractivity contribution in [2.24, 2.45) is 7.05 Å². The lowest BCUT2D eigenvalue weighted by atomic mass is 10.0. The van der Waals surface area contributed by atoms with Crippen LogP contribution < -0.4 is 5.32 Å². The van der Waals surface area contributed by atoms with Crippen molar-refractivity contribution in [2.45, 2.75) is 37.2 Å². The van der Waals surface area contributed by atoms with Gasteiger partial charge < -0.3 is 14.6 Å². The lowest BCUT2D eigenvalue weighted by Crippen LogP contribution is -2.40. The summed E-state index contributed by atoms with van der Waals surface area (Å²) in [6.07, 6.45) is 5.28. The molecule has 2 aliphatic rings. The molecule has 0 radical (unpaired) electrons. The molecule has 2 fully saturated rings. The first-order chi connectivity index (χ1) is 15.4. The van der Waals surface area contributed by atoms with E-state index in [9.17, 15) is 13.2 Å². The molecular weight excluding hydrogens is 428 g/mol. The zero-order valence-corrected chi connectivity index (χ0v) is 19.4. The van der Waals surface area contributed by atoms with Crippen LogP contribution in [0.2, 0.25) is 0 Å². The summed E-state index contributed by atoms with van der Waals surface area (Å²) in [7, 11) is -1.95. The molecule has 0 bridgehead atoms. The normalized spacial score (nSPS) is 18.5. The summed E-state index contributed by atoms with van der Waals surface area (Å²) in [5, 5.41) is 2.97. The molecule has 0 unspecified atom stereocenters. The molecule has 174 valence electrons. The maximum absolute atomic E-state index is 12.9. The van der Waals surface area contributed by atoms with Gasteiger partial charge in [-0.15, -0.1) is 0 Å². The van der Waals surface area contributed by atoms with Gasteiger partial charge in [-0.2, -0.15) is 4.31 Å². The molecule has 1 N–H and O–H groups in total. The van der Waals surface area contributed by atoms with Crippen LogP contribution in [-0.2, 0) is 34.9 Å². The maximum atomic E-state index is 12.9. The van der Waals surface area contributed by atoms with E-state index in [4.69, 9.17) is 4.74 Å². The van der Waals surface area contributed by atoms with Gasteiger partial charge in [-0.1, -0.05) is 30.7 Å². The molecule has 2 aliphatic heterocycles. The second-order valence-electron chi connectivity index (χ2n) is 8.48. The molecule has 0 saturated carbocycles. The number of benzene rings is 1. The molecule has 0 spiro atoms. The average Bonchev–Trinajstić information content (AvgIpc) is 3.22. The Morgan fingerprint density at radius 2 is 1.72 bits per heavy atom. The third kappa shape index (κ3) is 5.23. The van der Waals surface area contributed by atoms with Crippen LogP contribution in [0.25, 0.3) is 0 Å². The largest absolute Gasteiger partial charge is 0.379 e. The SMILES string of the molecule is Cn1cc(S(=O)(=O)N2CCOCC2)cc1C(=O)NCc1ccccc1CN1CCCCC1. The summed E-state index contributed by atoms with van der Waals surface area (Å²) < 4.78 is 34.0. The van der Waals surface area contributed by atoms with Crippen LogP contribution in [0.1, 0.15) is 40.9 Å². The molecule has 32 heavy (non-hydrogen) atoms. The first-order valence-corrected chi connectivity index (χ1v) is 12.7. The number of nitrogens with zero attached hydrogens (tertiary/aromatic N) is 3. The number of nitrogens with one attached hydrogen (secondary N) is 1. The zero-order chi connectivity index (χ0) is 22.6. The lowest BCUT2D eigenvalue weighted by molar-refractivity contribution is 0.0730. The van der Waals surface area contributed by atoms with Gasteiger partial charge in [0.1, 0.15) is 10.6 Å². The van der Waals surface area contributed by atoms with E-state index in [-0.39, 0.29) is 10.8 Å². The van der Waals surface area contributed by atoms with Gasteiger partial charge in [0.15, 0.2) is 0 Å². The highest BCUT2D eigenvalue weighted by atomic mass is 32.2. The predicted molar refractivity (Wildman–Crippen MR) is 122 cm³/mol. The van der Waals surface area contributed by atoms with E-state index in [0.29, 0.717) is 38.5 Å². The number of aryl methyl sites for hydroxylation is 1. The van der Waals surface area contributed by atoms with Crippen LogP contribution >= 0.6 is 0 Å². The Hall–Kier alpha value is -2.20. The standard InChI is InChI=1S/C23H32N4O4S/c1-25-18-21(32(29,30)27-11-13-31-14-12-27)15-22(25)23(28)24-16-19-7-3-4-8-20(19)17-26-9-5-2-6-10-26/h3-4,7-8,15,18H,2,5-6,9-14,16-17H2,1H3,(H,24,28). The molecule has 1 aromatic heterocycles. The molecular formula is C23H32N4O4S. The fourth-order valence-electron chi connectivity index (χ4n) is 4.35. The second-order valence-corrected chi connectivity index (χ2v) is 10.4. The number of carbonyl (C=O) groups is 1. The highest BCUT2D eigenvalue weighted by Gasteiger charge is 2.28. The number of rotatable bonds is 7. The number of piperidine rings is 1. The molecule has 9 heteroatoms. The van der Waals surface area contributed by atoms with Crippen molar-refractivity contribution >= 4 is 15.9 Å². The van der Waals surface area contributed by atoms with Gasteiger partial charge >= 0.3 is 0 Å². The number of sulfonamides is 1. The fraction of sp³-hybridized carbons (Fsp3) is 0.522. The van der Waals surface area contributed by atoms with E-state index in [1.54, 1.807) is 11.6 Å². The predicted octanol–water partition coefficient (Wildman–Crippen LogP) is 1.96. The monoisotopic (exact) mass is 460 g/mol. The quantitative estimate of drug-likeness (QED) is 0.683. The van der Waals surface area contributed by atoms with Crippen LogP contribution in [0.15, 0.2) is 41.4 Å². The minimum atomic E-state index is -3.64. The summed E-state index contributed by atoms with van der Waals surface area (Å²) in [5.74, 6) is -0.288. The van der Waals surface area contributed by atoms with Crippen molar-refractivity contribution in [3.05, 3.63) is 53.3 Å². The Morgan fingerprint density at radius 3 is 2.44 bits per heavy atom. The smallest absolute Gasteiger partial charge is 0.268 e. The zero-order valence-electron chi connectivity index (χ0n) is 18.6. The molecule has 1 aromatic carbocycles. The van der Waals surface area contributed by atoms with Gasteiger partial charge in [-0.25, -0.2) is 8.42 Å². The van der Waals surface area contributed by atoms with Crippen molar-refractivity contribution in [1.29, 1.82) is 0 Å². The second kappa shape index (κ2) is 10.2. The maximum Gasteiger partial charge on any atom is 0.268 e. The summed E-state index contributed by atoms with van der Waals surface area (Å²) in [6.45, 7) is 4.94. The third-order valence-electron chi connectivity index (χ3n) is 6.22. The van der Waals surface area contributed by atoms with Crippen molar-refractivity contribution < 1.29 is 17.9 Å². The molecule has 0 atom stereocenters. The minimum Gasteiger partial charge on any atom is -0.379 e. The van der Waals surface area contributed by atoms with Crippen LogP contribution in [0.5, 0.6) is 0 Å². The van der Waals surface area contributed by atoms with Crippen molar-refractivity contribution in [1.82, 2.24) is 19.1 Å². The molecule has 8 nitrogen and oxygen atoms in total. The highest BCUT2D eigenvalue weighted by molar-refractivity contribution is 7.89. The summed E-state index contributed by atoms with van der Waals surface area (Å²) in [4.78, 5) is 15.5. The van der Waals surface area contributed by atoms with E-state index in [1.165, 1.54) is 41.4 Å². The Bertz CT molecular complexity index is 1040. The Balaban J connectivity index is 1.43. The van der Waals surface area contributed by atoms with E-state index < -0.39 is 10.0 Å². The number of morpholine rings is 1. The fourth-order valence-corrected chi connectivity index (χ4v) is 5.83. The van der Waals surface area contributed by atoms with Crippen LogP contribution in [0.3, 0.4) is 0 Å². The van der Waals surface area contributed by atoms with E-state index in [2.05, 4.69) is 16.3 Å². The van der Waals surface area contributed by atoms with Crippen molar-refractivity contribution in [3.63, 3.8) is 0 Å². The van der Waals surface area contributed by atoms with E-state index >= 15 is 0 Å². The molecule has 2 aromatic rings. The topological polar surface area (TPSA) is 83.9 Å². The molecule has 4 rings (SSSR count). The molecule has 2 saturated heterocycles. The van der Waals surface area contributed by atoms with Crippen LogP contribution in [0, 0.1) is 0 Å². The Morgan fingerprint density at radius 1 is 1.03 bits per heavy atom. The number of hydrogen-bond acceptors (Lipinski definition) is 5. The minimum absolute atomic E-state index is 0.137. The van der Waals surface area contributed by atoms with Gasteiger partial charge in [0, 0.05) is 39.4 Å². The van der Waals surface area contributed by atoms with Crippen molar-refractivity contribution in [2.75, 3.05) is 39.4 Å². The van der Waals surface area contributed by atoms with Gasteiger partial charge in [0.25, 0.3) is 5.91 Å². The number of aromatic nitrogens is 1. The molecule has 1 amide bonds. The third-order valence-corrected chi connectivity index (χ3v) is 8.08. The van der Waals surface area contributed by atoms with Gasteiger partial charge in [0.2, 0.25) is 10.0 Å². The van der Waals surface area contributed by atoms with Crippen LogP contribution in [-0.4, -0.2) is 67.5 Å². The van der Waals surface area contributed by atoms with Crippen molar-refractivity contribution in [3.8, 4) is 0 Å². The van der Waals surface area contributed by atoms with Gasteiger partial charge in [0.05, 0.1) is 13.2 Å². The van der Waals surface area contributed by atoms with Crippen LogP contribution in [0.4, 0.5) is 0 Å². The Labute approximate surface area is 190 Å². The number of amides is 1. The van der Waals surface area contributed by atoms with E-state index in [0.717, 1.165) is 25.2 Å². The number of ether oxygens (including phenoxy) is 1. The molecule has 0 aliphatic carbocycles.